The molecular formula is C15H21N. The summed E-state index contributed by atoms with van der Waals surface area (Å²) in [5.41, 5.74) is 5.90. The minimum atomic E-state index is 0.933. The summed E-state index contributed by atoms with van der Waals surface area (Å²) in [4.78, 5) is 4.53. The first kappa shape index (κ1) is 12.7. The normalized spacial score (nSPS) is 30.2. The van der Waals surface area contributed by atoms with Gasteiger partial charge in [0, 0.05) is 11.4 Å². The fourth-order valence-electron chi connectivity index (χ4n) is 1.91. The van der Waals surface area contributed by atoms with Crippen molar-refractivity contribution in [3.8, 4) is 0 Å². The van der Waals surface area contributed by atoms with E-state index in [0.717, 1.165) is 29.8 Å². The maximum Gasteiger partial charge on any atom is 0.0378 e. The molecule has 16 heavy (non-hydrogen) atoms. The van der Waals surface area contributed by atoms with Crippen LogP contribution in [0.25, 0.3) is 0 Å². The van der Waals surface area contributed by atoms with Crippen LogP contribution in [0.15, 0.2) is 52.2 Å². The molecule has 1 heterocycles. The van der Waals surface area contributed by atoms with Crippen LogP contribution in [0.1, 0.15) is 40.5 Å². The molecule has 86 valence electrons. The zero-order valence-electron chi connectivity index (χ0n) is 10.8. The standard InChI is InChI=1S/C15H21N/c1-6-14-10-13(5)16-12(4)8-7-9-15(14)11(2)3/h8-10H,2,6-7H2,1,3-5H3/b12-8-,14-10-,15-9-,16-13+. The zero-order valence-corrected chi connectivity index (χ0v) is 10.8. The molecule has 0 fully saturated rings. The molecule has 0 saturated heterocycles. The first-order valence-corrected chi connectivity index (χ1v) is 5.83. The molecule has 1 heteroatoms. The molecule has 0 radical (unpaired) electrons. The van der Waals surface area contributed by atoms with Gasteiger partial charge in [-0.1, -0.05) is 31.2 Å². The number of aliphatic imine (C=N–C) groups is 1. The number of hydrogen-bond donors (Lipinski definition) is 0. The number of allylic oxidation sites excluding steroid dienone is 7. The minimum Gasteiger partial charge on any atom is -0.259 e. The molecular weight excluding hydrogens is 194 g/mol. The van der Waals surface area contributed by atoms with Crippen LogP contribution in [0.3, 0.4) is 0 Å². The lowest BCUT2D eigenvalue weighted by Gasteiger charge is -2.10. The van der Waals surface area contributed by atoms with Crippen LogP contribution in [-0.2, 0) is 0 Å². The monoisotopic (exact) mass is 215 g/mol. The molecule has 0 N–H and O–H groups in total. The summed E-state index contributed by atoms with van der Waals surface area (Å²) in [5.74, 6) is 0. The zero-order chi connectivity index (χ0) is 12.1. The van der Waals surface area contributed by atoms with Gasteiger partial charge < -0.3 is 0 Å². The Kier molecular flexibility index (Phi) is 4.48. The van der Waals surface area contributed by atoms with Crippen molar-refractivity contribution in [3.63, 3.8) is 0 Å². The van der Waals surface area contributed by atoms with E-state index in [0.29, 0.717) is 0 Å². The Morgan fingerprint density at radius 3 is 2.62 bits per heavy atom. The first-order chi connectivity index (χ1) is 7.54. The van der Waals surface area contributed by atoms with Crippen LogP contribution < -0.4 is 0 Å². The van der Waals surface area contributed by atoms with Gasteiger partial charge in [-0.05, 0) is 50.8 Å². The average Bonchev–Trinajstić information content (AvgIpc) is 2.26. The smallest absolute Gasteiger partial charge is 0.0378 e. The Labute approximate surface area is 99.0 Å². The Bertz CT molecular complexity index is 403. The Hall–Kier alpha value is -1.37. The molecule has 0 aromatic rings. The van der Waals surface area contributed by atoms with Crippen LogP contribution in [0.5, 0.6) is 0 Å². The SMILES string of the molecule is C=C(C)C1=C/C\C=C(C)/N=C(C)/C=C\1CC. The lowest BCUT2D eigenvalue weighted by Crippen LogP contribution is -1.94. The fourth-order valence-corrected chi connectivity index (χ4v) is 1.91. The highest BCUT2D eigenvalue weighted by molar-refractivity contribution is 5.95. The van der Waals surface area contributed by atoms with E-state index in [1.807, 2.05) is 13.8 Å². The van der Waals surface area contributed by atoms with Crippen molar-refractivity contribution in [1.82, 2.24) is 0 Å². The Morgan fingerprint density at radius 2 is 2.06 bits per heavy atom. The average molecular weight is 215 g/mol. The van der Waals surface area contributed by atoms with Crippen LogP contribution in [-0.4, -0.2) is 5.71 Å². The number of nitrogens with zero attached hydrogens (tertiary/aromatic N) is 1. The predicted molar refractivity (Wildman–Crippen MR) is 72.8 cm³/mol. The van der Waals surface area contributed by atoms with Crippen molar-refractivity contribution in [1.29, 1.82) is 0 Å². The van der Waals surface area contributed by atoms with E-state index < -0.39 is 0 Å². The summed E-state index contributed by atoms with van der Waals surface area (Å²) in [6, 6.07) is 0. The third-order valence-corrected chi connectivity index (χ3v) is 2.66. The van der Waals surface area contributed by atoms with Crippen LogP contribution in [0.4, 0.5) is 0 Å². The second-order valence-electron chi connectivity index (χ2n) is 4.26. The highest BCUT2D eigenvalue weighted by Crippen LogP contribution is 2.23. The van der Waals surface area contributed by atoms with Crippen LogP contribution in [0.2, 0.25) is 0 Å². The number of rotatable bonds is 2. The lowest BCUT2D eigenvalue weighted by atomic mass is 9.96. The van der Waals surface area contributed by atoms with Crippen molar-refractivity contribution in [3.05, 3.63) is 47.2 Å². The van der Waals surface area contributed by atoms with E-state index >= 15 is 0 Å². The van der Waals surface area contributed by atoms with Crippen molar-refractivity contribution < 1.29 is 0 Å². The first-order valence-electron chi connectivity index (χ1n) is 5.83. The molecule has 0 unspecified atom stereocenters. The Balaban J connectivity index is 3.23. The van der Waals surface area contributed by atoms with Crippen LogP contribution >= 0.6 is 0 Å². The Morgan fingerprint density at radius 1 is 1.38 bits per heavy atom. The van der Waals surface area contributed by atoms with Crippen molar-refractivity contribution >= 4 is 5.71 Å². The second kappa shape index (κ2) is 5.64. The highest BCUT2D eigenvalue weighted by atomic mass is 14.7. The van der Waals surface area contributed by atoms with E-state index in [1.54, 1.807) is 0 Å². The molecule has 0 aromatic carbocycles. The van der Waals surface area contributed by atoms with E-state index in [2.05, 4.69) is 43.6 Å². The molecule has 1 nitrogen and oxygen atoms in total. The third-order valence-electron chi connectivity index (χ3n) is 2.66. The van der Waals surface area contributed by atoms with Crippen LogP contribution in [0, 0.1) is 0 Å². The van der Waals surface area contributed by atoms with Gasteiger partial charge in [0.2, 0.25) is 0 Å². The molecule has 1 rings (SSSR count). The molecule has 1 aliphatic rings. The summed E-state index contributed by atoms with van der Waals surface area (Å²) in [6.07, 6.45) is 8.52. The molecule has 0 amide bonds. The molecule has 0 spiro atoms. The maximum atomic E-state index is 4.53. The third kappa shape index (κ3) is 3.34. The van der Waals surface area contributed by atoms with Crippen molar-refractivity contribution in [2.75, 3.05) is 0 Å². The summed E-state index contributed by atoms with van der Waals surface area (Å²) in [6.45, 7) is 12.4. The largest absolute Gasteiger partial charge is 0.259 e. The molecule has 1 aliphatic heterocycles. The quantitative estimate of drug-likeness (QED) is 0.638. The second-order valence-corrected chi connectivity index (χ2v) is 4.26. The van der Waals surface area contributed by atoms with Gasteiger partial charge in [-0.25, -0.2) is 0 Å². The lowest BCUT2D eigenvalue weighted by molar-refractivity contribution is 1.10. The molecule has 0 aromatic heterocycles. The van der Waals surface area contributed by atoms with Gasteiger partial charge in [0.1, 0.15) is 0 Å². The van der Waals surface area contributed by atoms with Gasteiger partial charge >= 0.3 is 0 Å². The molecule has 0 saturated carbocycles. The minimum absolute atomic E-state index is 0.933. The summed E-state index contributed by atoms with van der Waals surface area (Å²) >= 11 is 0. The van der Waals surface area contributed by atoms with Crippen molar-refractivity contribution in [2.24, 2.45) is 4.99 Å². The summed E-state index contributed by atoms with van der Waals surface area (Å²) in [7, 11) is 0. The van der Waals surface area contributed by atoms with E-state index in [9.17, 15) is 0 Å². The fraction of sp³-hybridized carbons (Fsp3) is 0.400. The summed E-state index contributed by atoms with van der Waals surface area (Å²) < 4.78 is 0. The molecule has 0 bridgehead atoms. The topological polar surface area (TPSA) is 12.4 Å². The van der Waals surface area contributed by atoms with Gasteiger partial charge in [0.25, 0.3) is 0 Å². The van der Waals surface area contributed by atoms with E-state index in [1.165, 1.54) is 11.1 Å². The highest BCUT2D eigenvalue weighted by Gasteiger charge is 2.05. The van der Waals surface area contributed by atoms with Gasteiger partial charge in [-0.15, -0.1) is 0 Å². The molecule has 0 aliphatic carbocycles. The van der Waals surface area contributed by atoms with Gasteiger partial charge in [-0.2, -0.15) is 0 Å². The van der Waals surface area contributed by atoms with E-state index in [-0.39, 0.29) is 0 Å². The van der Waals surface area contributed by atoms with Gasteiger partial charge in [0.15, 0.2) is 0 Å². The predicted octanol–water partition coefficient (Wildman–Crippen LogP) is 4.59. The van der Waals surface area contributed by atoms with Gasteiger partial charge in [0.05, 0.1) is 0 Å². The van der Waals surface area contributed by atoms with Gasteiger partial charge in [-0.3, -0.25) is 4.99 Å². The van der Waals surface area contributed by atoms with E-state index in [4.69, 9.17) is 0 Å². The number of hydrogen-bond acceptors (Lipinski definition) is 1. The van der Waals surface area contributed by atoms with Crippen molar-refractivity contribution in [2.45, 2.75) is 40.5 Å². The molecule has 0 atom stereocenters. The summed E-state index contributed by atoms with van der Waals surface area (Å²) in [5, 5.41) is 0. The maximum absolute atomic E-state index is 4.53.